The van der Waals surface area contributed by atoms with Gasteiger partial charge in [-0.2, -0.15) is 0 Å². The Bertz CT molecular complexity index is 319. The Balaban J connectivity index is 2.35. The predicted octanol–water partition coefficient (Wildman–Crippen LogP) is 2.54. The zero-order chi connectivity index (χ0) is 12.7. The van der Waals surface area contributed by atoms with Crippen LogP contribution in [0.15, 0.2) is 29.2 Å². The topological polar surface area (TPSA) is 24.1 Å². The first kappa shape index (κ1) is 14.6. The molecule has 0 bridgehead atoms. The van der Waals surface area contributed by atoms with Gasteiger partial charge in [0.1, 0.15) is 0 Å². The summed E-state index contributed by atoms with van der Waals surface area (Å²) in [6.07, 6.45) is 3.19. The van der Waals surface area contributed by atoms with Crippen LogP contribution in [0.4, 0.5) is 0 Å². The van der Waals surface area contributed by atoms with Gasteiger partial charge in [-0.3, -0.25) is 0 Å². The van der Waals surface area contributed by atoms with Crippen LogP contribution in [0.25, 0.3) is 0 Å². The summed E-state index contributed by atoms with van der Waals surface area (Å²) in [5.41, 5.74) is 1.56. The Labute approximate surface area is 110 Å². The third-order valence-corrected chi connectivity index (χ3v) is 3.54. The second-order valence-electron chi connectivity index (χ2n) is 4.94. The van der Waals surface area contributed by atoms with Crippen LogP contribution in [0.3, 0.4) is 0 Å². The number of likely N-dealkylation sites (N-methyl/N-ethyl adjacent to an activating group) is 1. The summed E-state index contributed by atoms with van der Waals surface area (Å²) in [6.45, 7) is 6.45. The van der Waals surface area contributed by atoms with Crippen molar-refractivity contribution in [2.45, 2.75) is 30.7 Å². The molecule has 1 rings (SSSR count). The fourth-order valence-corrected chi connectivity index (χ4v) is 2.25. The number of rotatable bonds is 7. The Morgan fingerprint density at radius 1 is 1.18 bits per heavy atom. The molecule has 1 aromatic carbocycles. The lowest BCUT2D eigenvalue weighted by molar-refractivity contribution is 0.379. The summed E-state index contributed by atoms with van der Waals surface area (Å²) in [5, 5.41) is 6.78. The van der Waals surface area contributed by atoms with E-state index in [2.05, 4.69) is 55.0 Å². The second-order valence-corrected chi connectivity index (χ2v) is 5.82. The zero-order valence-electron chi connectivity index (χ0n) is 11.3. The SMILES string of the molecule is CNCC(C)(C)NCCc1ccc(SC)cc1. The molecule has 0 unspecified atom stereocenters. The Kier molecular flexibility index (Phi) is 6.03. The van der Waals surface area contributed by atoms with E-state index in [1.807, 2.05) is 7.05 Å². The van der Waals surface area contributed by atoms with Gasteiger partial charge in [-0.15, -0.1) is 11.8 Å². The minimum atomic E-state index is 0.161. The summed E-state index contributed by atoms with van der Waals surface area (Å²) in [6, 6.07) is 8.83. The van der Waals surface area contributed by atoms with E-state index in [9.17, 15) is 0 Å². The van der Waals surface area contributed by atoms with Crippen molar-refractivity contribution in [1.82, 2.24) is 10.6 Å². The van der Waals surface area contributed by atoms with Crippen LogP contribution in [-0.2, 0) is 6.42 Å². The van der Waals surface area contributed by atoms with Crippen LogP contribution < -0.4 is 10.6 Å². The van der Waals surface area contributed by atoms with Crippen molar-refractivity contribution in [2.75, 3.05) is 26.4 Å². The van der Waals surface area contributed by atoms with Crippen LogP contribution in [-0.4, -0.2) is 31.9 Å². The second kappa shape index (κ2) is 7.04. The lowest BCUT2D eigenvalue weighted by atomic mass is 10.1. The Morgan fingerprint density at radius 3 is 2.35 bits per heavy atom. The highest BCUT2D eigenvalue weighted by atomic mass is 32.2. The van der Waals surface area contributed by atoms with Gasteiger partial charge in [0.05, 0.1) is 0 Å². The number of hydrogen-bond donors (Lipinski definition) is 2. The van der Waals surface area contributed by atoms with Gasteiger partial charge in [0.25, 0.3) is 0 Å². The van der Waals surface area contributed by atoms with E-state index in [4.69, 9.17) is 0 Å². The molecule has 17 heavy (non-hydrogen) atoms. The van der Waals surface area contributed by atoms with Gasteiger partial charge in [0.15, 0.2) is 0 Å². The fourth-order valence-electron chi connectivity index (χ4n) is 1.84. The van der Waals surface area contributed by atoms with Crippen LogP contribution in [0, 0.1) is 0 Å². The first-order chi connectivity index (χ1) is 8.07. The van der Waals surface area contributed by atoms with Crippen LogP contribution in [0.2, 0.25) is 0 Å². The molecule has 0 atom stereocenters. The minimum Gasteiger partial charge on any atom is -0.318 e. The summed E-state index contributed by atoms with van der Waals surface area (Å²) >= 11 is 1.79. The first-order valence-corrected chi connectivity index (χ1v) is 7.32. The fraction of sp³-hybridized carbons (Fsp3) is 0.571. The van der Waals surface area contributed by atoms with Gasteiger partial charge < -0.3 is 10.6 Å². The summed E-state index contributed by atoms with van der Waals surface area (Å²) < 4.78 is 0. The number of benzene rings is 1. The maximum absolute atomic E-state index is 3.57. The predicted molar refractivity (Wildman–Crippen MR) is 77.9 cm³/mol. The average Bonchev–Trinajstić information content (AvgIpc) is 2.29. The quantitative estimate of drug-likeness (QED) is 0.729. The van der Waals surface area contributed by atoms with E-state index < -0.39 is 0 Å². The molecule has 0 spiro atoms. The third kappa shape index (κ3) is 5.57. The van der Waals surface area contributed by atoms with Crippen LogP contribution >= 0.6 is 11.8 Å². The van der Waals surface area contributed by atoms with Crippen molar-refractivity contribution in [3.8, 4) is 0 Å². The highest BCUT2D eigenvalue weighted by molar-refractivity contribution is 7.98. The molecule has 0 amide bonds. The smallest absolute Gasteiger partial charge is 0.0249 e. The standard InChI is InChI=1S/C14H24N2S/c1-14(2,11-15-3)16-10-9-12-5-7-13(17-4)8-6-12/h5-8,15-16H,9-11H2,1-4H3. The van der Waals surface area contributed by atoms with Crippen molar-refractivity contribution in [1.29, 1.82) is 0 Å². The Hall–Kier alpha value is -0.510. The maximum Gasteiger partial charge on any atom is 0.0249 e. The van der Waals surface area contributed by atoms with E-state index in [1.165, 1.54) is 10.5 Å². The molecule has 2 N–H and O–H groups in total. The van der Waals surface area contributed by atoms with Crippen LogP contribution in [0.5, 0.6) is 0 Å². The molecule has 0 saturated carbocycles. The lowest BCUT2D eigenvalue weighted by Gasteiger charge is -2.26. The Morgan fingerprint density at radius 2 is 1.82 bits per heavy atom. The van der Waals surface area contributed by atoms with Crippen molar-refractivity contribution in [3.63, 3.8) is 0 Å². The van der Waals surface area contributed by atoms with E-state index in [-0.39, 0.29) is 5.54 Å². The summed E-state index contributed by atoms with van der Waals surface area (Å²) in [5.74, 6) is 0. The average molecular weight is 252 g/mol. The van der Waals surface area contributed by atoms with Gasteiger partial charge in [-0.05, 0) is 57.8 Å². The highest BCUT2D eigenvalue weighted by Crippen LogP contribution is 2.15. The molecule has 0 aliphatic carbocycles. The normalized spacial score (nSPS) is 11.8. The van der Waals surface area contributed by atoms with Crippen LogP contribution in [0.1, 0.15) is 19.4 Å². The van der Waals surface area contributed by atoms with E-state index in [0.717, 1.165) is 19.5 Å². The zero-order valence-corrected chi connectivity index (χ0v) is 12.2. The molecular formula is C14H24N2S. The van der Waals surface area contributed by atoms with Gasteiger partial charge >= 0.3 is 0 Å². The largest absolute Gasteiger partial charge is 0.318 e. The number of nitrogens with one attached hydrogen (secondary N) is 2. The molecule has 1 aromatic rings. The van der Waals surface area contributed by atoms with Gasteiger partial charge in [0, 0.05) is 17.0 Å². The molecule has 3 heteroatoms. The summed E-state index contributed by atoms with van der Waals surface area (Å²) in [4.78, 5) is 1.33. The van der Waals surface area contributed by atoms with E-state index >= 15 is 0 Å². The monoisotopic (exact) mass is 252 g/mol. The summed E-state index contributed by atoms with van der Waals surface area (Å²) in [7, 11) is 1.99. The molecule has 0 fully saturated rings. The van der Waals surface area contributed by atoms with Crippen molar-refractivity contribution < 1.29 is 0 Å². The molecule has 0 aromatic heterocycles. The van der Waals surface area contributed by atoms with E-state index in [0.29, 0.717) is 0 Å². The molecule has 0 aliphatic heterocycles. The van der Waals surface area contributed by atoms with Gasteiger partial charge in [0.2, 0.25) is 0 Å². The molecular weight excluding hydrogens is 228 g/mol. The third-order valence-electron chi connectivity index (χ3n) is 2.80. The molecule has 0 saturated heterocycles. The molecule has 0 heterocycles. The molecule has 0 radical (unpaired) electrons. The van der Waals surface area contributed by atoms with Crippen molar-refractivity contribution in [2.24, 2.45) is 0 Å². The molecule has 2 nitrogen and oxygen atoms in total. The highest BCUT2D eigenvalue weighted by Gasteiger charge is 2.14. The number of thioether (sulfide) groups is 1. The lowest BCUT2D eigenvalue weighted by Crippen LogP contribution is -2.47. The minimum absolute atomic E-state index is 0.161. The van der Waals surface area contributed by atoms with Gasteiger partial charge in [-0.25, -0.2) is 0 Å². The maximum atomic E-state index is 3.57. The van der Waals surface area contributed by atoms with E-state index in [1.54, 1.807) is 11.8 Å². The molecule has 0 aliphatic rings. The first-order valence-electron chi connectivity index (χ1n) is 6.10. The van der Waals surface area contributed by atoms with Crippen molar-refractivity contribution in [3.05, 3.63) is 29.8 Å². The van der Waals surface area contributed by atoms with Crippen molar-refractivity contribution >= 4 is 11.8 Å². The van der Waals surface area contributed by atoms with Gasteiger partial charge in [-0.1, -0.05) is 12.1 Å². The molecule has 96 valence electrons. The number of hydrogen-bond acceptors (Lipinski definition) is 3.